The van der Waals surface area contributed by atoms with Crippen LogP contribution >= 0.6 is 0 Å². The first-order valence-electron chi connectivity index (χ1n) is 9.61. The Morgan fingerprint density at radius 2 is 1.72 bits per heavy atom. The molecule has 2 aliphatic rings. The first kappa shape index (κ1) is 18.4. The van der Waals surface area contributed by atoms with Crippen LogP contribution in [0.4, 0.5) is 0 Å². The van der Waals surface area contributed by atoms with Crippen LogP contribution in [0.1, 0.15) is 56.1 Å². The molecule has 0 unspecified atom stereocenters. The van der Waals surface area contributed by atoms with Crippen molar-refractivity contribution < 1.29 is 9.90 Å². The second-order valence-electron chi connectivity index (χ2n) is 7.72. The molecule has 0 aromatic heterocycles. The topological polar surface area (TPSA) is 78.6 Å². The Bertz CT molecular complexity index is 559. The third-order valence-electron chi connectivity index (χ3n) is 5.64. The summed E-state index contributed by atoms with van der Waals surface area (Å²) in [5.41, 5.74) is 7.97. The fraction of sp³-hybridized carbons (Fsp3) is 0.650. The molecular weight excluding hydrogens is 314 g/mol. The van der Waals surface area contributed by atoms with E-state index in [9.17, 15) is 9.90 Å². The molecule has 3 rings (SSSR count). The molecule has 2 fully saturated rings. The molecule has 0 bridgehead atoms. The van der Waals surface area contributed by atoms with Gasteiger partial charge in [0.25, 0.3) is 0 Å². The van der Waals surface area contributed by atoms with Crippen LogP contribution in [0.2, 0.25) is 0 Å². The summed E-state index contributed by atoms with van der Waals surface area (Å²) >= 11 is 0. The van der Waals surface area contributed by atoms with Gasteiger partial charge in [-0.1, -0.05) is 43.5 Å². The molecule has 1 aromatic rings. The van der Waals surface area contributed by atoms with E-state index in [1.54, 1.807) is 0 Å². The zero-order valence-electron chi connectivity index (χ0n) is 15.0. The molecule has 138 valence electrons. The molecule has 1 saturated heterocycles. The standard InChI is InChI=1S/C20H31N3O2/c21-20(10-2-1-3-11-20)19(25)22-14-16-4-6-17(7-5-16)15-23-12-8-18(24)9-13-23/h4-7,18,24H,1-3,8-15,21H2,(H,22,25). The first-order chi connectivity index (χ1) is 12.0. The third-order valence-corrected chi connectivity index (χ3v) is 5.64. The van der Waals surface area contributed by atoms with E-state index in [0.29, 0.717) is 6.54 Å². The predicted molar refractivity (Wildman–Crippen MR) is 98.8 cm³/mol. The zero-order chi connectivity index (χ0) is 17.7. The van der Waals surface area contributed by atoms with Gasteiger partial charge in [-0.25, -0.2) is 0 Å². The number of piperidine rings is 1. The molecule has 0 radical (unpaired) electrons. The molecule has 5 heteroatoms. The monoisotopic (exact) mass is 345 g/mol. The van der Waals surface area contributed by atoms with Crippen molar-refractivity contribution in [1.29, 1.82) is 0 Å². The van der Waals surface area contributed by atoms with Gasteiger partial charge in [0.05, 0.1) is 11.6 Å². The number of carbonyl (C=O) groups is 1. The number of rotatable bonds is 5. The van der Waals surface area contributed by atoms with E-state index in [0.717, 1.165) is 63.7 Å². The van der Waals surface area contributed by atoms with E-state index >= 15 is 0 Å². The summed E-state index contributed by atoms with van der Waals surface area (Å²) < 4.78 is 0. The van der Waals surface area contributed by atoms with Crippen molar-refractivity contribution in [2.45, 2.75) is 69.7 Å². The lowest BCUT2D eigenvalue weighted by Crippen LogP contribution is -2.54. The van der Waals surface area contributed by atoms with Crippen molar-refractivity contribution in [2.75, 3.05) is 13.1 Å². The summed E-state index contributed by atoms with van der Waals surface area (Å²) in [6.45, 7) is 3.37. The Balaban J connectivity index is 1.46. The van der Waals surface area contributed by atoms with E-state index in [2.05, 4.69) is 34.5 Å². The summed E-state index contributed by atoms with van der Waals surface area (Å²) in [6.07, 6.45) is 6.47. The van der Waals surface area contributed by atoms with E-state index < -0.39 is 5.54 Å². The van der Waals surface area contributed by atoms with Gasteiger partial charge in [-0.2, -0.15) is 0 Å². The van der Waals surface area contributed by atoms with E-state index in [-0.39, 0.29) is 12.0 Å². The van der Waals surface area contributed by atoms with E-state index in [1.165, 1.54) is 12.0 Å². The predicted octanol–water partition coefficient (Wildman–Crippen LogP) is 1.92. The van der Waals surface area contributed by atoms with E-state index in [1.807, 2.05) is 0 Å². The van der Waals surface area contributed by atoms with Crippen LogP contribution in [-0.4, -0.2) is 40.6 Å². The number of nitrogens with two attached hydrogens (primary N) is 1. The second-order valence-corrected chi connectivity index (χ2v) is 7.72. The SMILES string of the molecule is NC1(C(=O)NCc2ccc(CN3CCC(O)CC3)cc2)CCCCC1. The lowest BCUT2D eigenvalue weighted by Gasteiger charge is -2.31. The van der Waals surface area contributed by atoms with Gasteiger partial charge >= 0.3 is 0 Å². The van der Waals surface area contributed by atoms with Gasteiger partial charge in [0, 0.05) is 26.2 Å². The number of hydrogen-bond donors (Lipinski definition) is 3. The summed E-state index contributed by atoms with van der Waals surface area (Å²) in [7, 11) is 0. The summed E-state index contributed by atoms with van der Waals surface area (Å²) in [4.78, 5) is 14.8. The number of benzene rings is 1. The van der Waals surface area contributed by atoms with E-state index in [4.69, 9.17) is 5.73 Å². The molecule has 1 saturated carbocycles. The molecule has 25 heavy (non-hydrogen) atoms. The Hall–Kier alpha value is -1.43. The average Bonchev–Trinajstić information content (AvgIpc) is 2.63. The van der Waals surface area contributed by atoms with Crippen molar-refractivity contribution in [3.63, 3.8) is 0 Å². The maximum Gasteiger partial charge on any atom is 0.240 e. The lowest BCUT2D eigenvalue weighted by atomic mass is 9.82. The molecule has 1 heterocycles. The maximum absolute atomic E-state index is 12.4. The fourth-order valence-corrected chi connectivity index (χ4v) is 3.87. The highest BCUT2D eigenvalue weighted by atomic mass is 16.3. The van der Waals surface area contributed by atoms with Crippen LogP contribution in [0, 0.1) is 0 Å². The molecule has 0 atom stereocenters. The minimum atomic E-state index is -0.670. The van der Waals surface area contributed by atoms with Crippen molar-refractivity contribution in [3.05, 3.63) is 35.4 Å². The van der Waals surface area contributed by atoms with Crippen LogP contribution < -0.4 is 11.1 Å². The highest BCUT2D eigenvalue weighted by molar-refractivity contribution is 5.86. The number of likely N-dealkylation sites (tertiary alicyclic amines) is 1. The summed E-state index contributed by atoms with van der Waals surface area (Å²) in [5, 5.41) is 12.6. The Morgan fingerprint density at radius 3 is 2.36 bits per heavy atom. The lowest BCUT2D eigenvalue weighted by molar-refractivity contribution is -0.127. The number of aliphatic hydroxyl groups is 1. The number of carbonyl (C=O) groups excluding carboxylic acids is 1. The van der Waals surface area contributed by atoms with Crippen LogP contribution in [-0.2, 0) is 17.9 Å². The highest BCUT2D eigenvalue weighted by Gasteiger charge is 2.34. The minimum absolute atomic E-state index is 0.0110. The van der Waals surface area contributed by atoms with Gasteiger partial charge in [-0.15, -0.1) is 0 Å². The molecule has 1 aliphatic heterocycles. The number of amides is 1. The van der Waals surface area contributed by atoms with Gasteiger partial charge in [0.1, 0.15) is 0 Å². The number of aliphatic hydroxyl groups excluding tert-OH is 1. The van der Waals surface area contributed by atoms with Crippen molar-refractivity contribution in [3.8, 4) is 0 Å². The molecule has 4 N–H and O–H groups in total. The zero-order valence-corrected chi connectivity index (χ0v) is 15.0. The van der Waals surface area contributed by atoms with Crippen LogP contribution in [0.25, 0.3) is 0 Å². The third kappa shape index (κ3) is 5.03. The van der Waals surface area contributed by atoms with Crippen LogP contribution in [0.15, 0.2) is 24.3 Å². The maximum atomic E-state index is 12.4. The van der Waals surface area contributed by atoms with Crippen molar-refractivity contribution >= 4 is 5.91 Å². The molecule has 1 aliphatic carbocycles. The second kappa shape index (κ2) is 8.30. The van der Waals surface area contributed by atoms with Crippen LogP contribution in [0.5, 0.6) is 0 Å². The molecule has 1 aromatic carbocycles. The number of hydrogen-bond acceptors (Lipinski definition) is 4. The van der Waals surface area contributed by atoms with Gasteiger partial charge in [0.15, 0.2) is 0 Å². The quantitative estimate of drug-likeness (QED) is 0.762. The highest BCUT2D eigenvalue weighted by Crippen LogP contribution is 2.26. The van der Waals surface area contributed by atoms with Gasteiger partial charge in [0.2, 0.25) is 5.91 Å². The van der Waals surface area contributed by atoms with Crippen molar-refractivity contribution in [1.82, 2.24) is 10.2 Å². The summed E-state index contributed by atoms with van der Waals surface area (Å²) in [6, 6.07) is 8.42. The molecule has 0 spiro atoms. The molecule has 1 amide bonds. The largest absolute Gasteiger partial charge is 0.393 e. The molecular formula is C20H31N3O2. The van der Waals surface area contributed by atoms with Gasteiger partial charge in [-0.05, 0) is 36.8 Å². The van der Waals surface area contributed by atoms with Gasteiger partial charge < -0.3 is 16.2 Å². The minimum Gasteiger partial charge on any atom is -0.393 e. The molecule has 5 nitrogen and oxygen atoms in total. The Morgan fingerprint density at radius 1 is 1.12 bits per heavy atom. The Labute approximate surface area is 150 Å². The van der Waals surface area contributed by atoms with Gasteiger partial charge in [-0.3, -0.25) is 9.69 Å². The first-order valence-corrected chi connectivity index (χ1v) is 9.61. The summed E-state index contributed by atoms with van der Waals surface area (Å²) in [5.74, 6) is -0.0110. The van der Waals surface area contributed by atoms with Crippen LogP contribution in [0.3, 0.4) is 0 Å². The fourth-order valence-electron chi connectivity index (χ4n) is 3.87. The number of nitrogens with zero attached hydrogens (tertiary/aromatic N) is 1. The normalized spacial score (nSPS) is 21.8. The van der Waals surface area contributed by atoms with Crippen molar-refractivity contribution in [2.24, 2.45) is 5.73 Å². The average molecular weight is 345 g/mol. The smallest absolute Gasteiger partial charge is 0.240 e. The number of nitrogens with one attached hydrogen (secondary N) is 1. The Kier molecular flexibility index (Phi) is 6.10.